The normalized spacial score (nSPS) is 14.1. The minimum Gasteiger partial charge on any atom is -0.477 e. The van der Waals surface area contributed by atoms with Crippen LogP contribution in [-0.2, 0) is 0 Å². The lowest BCUT2D eigenvalue weighted by molar-refractivity contribution is 0.0695. The van der Waals surface area contributed by atoms with Crippen LogP contribution in [0.25, 0.3) is 16.0 Å². The summed E-state index contributed by atoms with van der Waals surface area (Å²) in [5.41, 5.74) is 5.26. The molecule has 0 atom stereocenters. The maximum atomic E-state index is 14.6. The molecule has 2 aromatic heterocycles. The van der Waals surface area contributed by atoms with Crippen molar-refractivity contribution in [2.75, 3.05) is 18.0 Å². The van der Waals surface area contributed by atoms with E-state index in [4.69, 9.17) is 5.73 Å². The largest absolute Gasteiger partial charge is 0.477 e. The molecular formula is C16H15ClFN5O3S. The van der Waals surface area contributed by atoms with Crippen molar-refractivity contribution < 1.29 is 14.3 Å². The van der Waals surface area contributed by atoms with Gasteiger partial charge in [-0.25, -0.2) is 14.2 Å². The first kappa shape index (κ1) is 19.2. The number of nitrogens with zero attached hydrogens (tertiary/aromatic N) is 4. The zero-order valence-corrected chi connectivity index (χ0v) is 15.7. The number of carbonyl (C=O) groups is 1. The molecule has 11 heteroatoms. The maximum Gasteiger partial charge on any atom is 0.341 e. The second-order valence-corrected chi connectivity index (χ2v) is 6.89. The van der Waals surface area contributed by atoms with Crippen LogP contribution in [0.5, 0.6) is 0 Å². The third kappa shape index (κ3) is 3.15. The fourth-order valence-electron chi connectivity index (χ4n) is 2.98. The Morgan fingerprint density at radius 2 is 2.11 bits per heavy atom. The van der Waals surface area contributed by atoms with E-state index < -0.39 is 22.8 Å². The highest BCUT2D eigenvalue weighted by Crippen LogP contribution is 2.29. The van der Waals surface area contributed by atoms with E-state index in [0.29, 0.717) is 35.2 Å². The average Bonchev–Trinajstić information content (AvgIpc) is 2.98. The lowest BCUT2D eigenvalue weighted by Gasteiger charge is -2.39. The quantitative estimate of drug-likeness (QED) is 0.672. The number of fused-ring (bicyclic) bond motifs is 1. The summed E-state index contributed by atoms with van der Waals surface area (Å²) >= 11 is 1.06. The van der Waals surface area contributed by atoms with Gasteiger partial charge in [0.25, 0.3) is 0 Å². The molecule has 1 fully saturated rings. The van der Waals surface area contributed by atoms with Crippen molar-refractivity contribution in [2.24, 2.45) is 5.73 Å². The van der Waals surface area contributed by atoms with Crippen molar-refractivity contribution in [1.82, 2.24) is 13.9 Å². The Bertz CT molecular complexity index is 1110. The summed E-state index contributed by atoms with van der Waals surface area (Å²) < 4.78 is 20.1. The Morgan fingerprint density at radius 3 is 2.67 bits per heavy atom. The average molecular weight is 412 g/mol. The standard InChI is InChI=1S/C16H14FN5O3S.ClH/c1-7-19-16(26-20-7)22-6-10(15(24)25)14(23)9-2-11(17)13(3-12(9)22)21-4-8(18)5-21;/h2-3,6,8H,4-5,18H2,1H3,(H,24,25);1H. The van der Waals surface area contributed by atoms with Crippen molar-refractivity contribution in [1.29, 1.82) is 0 Å². The number of rotatable bonds is 3. The van der Waals surface area contributed by atoms with E-state index >= 15 is 0 Å². The number of pyridine rings is 1. The molecular weight excluding hydrogens is 397 g/mol. The molecule has 0 radical (unpaired) electrons. The molecule has 0 bridgehead atoms. The van der Waals surface area contributed by atoms with E-state index in [2.05, 4.69) is 9.36 Å². The smallest absolute Gasteiger partial charge is 0.341 e. The highest BCUT2D eigenvalue weighted by Gasteiger charge is 2.27. The van der Waals surface area contributed by atoms with Crippen LogP contribution in [0.3, 0.4) is 0 Å². The lowest BCUT2D eigenvalue weighted by atomic mass is 10.1. The number of hydrogen-bond donors (Lipinski definition) is 2. The molecule has 27 heavy (non-hydrogen) atoms. The number of aryl methyl sites for hydroxylation is 1. The summed E-state index contributed by atoms with van der Waals surface area (Å²) in [6.45, 7) is 2.73. The Morgan fingerprint density at radius 1 is 1.41 bits per heavy atom. The minimum atomic E-state index is -1.38. The predicted octanol–water partition coefficient (Wildman–Crippen LogP) is 1.56. The Balaban J connectivity index is 0.00000210. The summed E-state index contributed by atoms with van der Waals surface area (Å²) in [5.74, 6) is -1.46. The number of hydrogen-bond acceptors (Lipinski definition) is 7. The van der Waals surface area contributed by atoms with Crippen LogP contribution in [-0.4, -0.2) is 44.1 Å². The molecule has 3 aromatic rings. The molecule has 0 unspecified atom stereocenters. The van der Waals surface area contributed by atoms with Crippen molar-refractivity contribution >= 4 is 46.5 Å². The fraction of sp³-hybridized carbons (Fsp3) is 0.250. The molecule has 1 aliphatic heterocycles. The SMILES string of the molecule is Cc1nsc(-n2cc(C(=O)O)c(=O)c3cc(F)c(N4CC(N)C4)cc32)n1.Cl. The van der Waals surface area contributed by atoms with Crippen molar-refractivity contribution in [3.63, 3.8) is 0 Å². The first-order valence-corrected chi connectivity index (χ1v) is 8.56. The fourth-order valence-corrected chi connectivity index (χ4v) is 3.65. The van der Waals surface area contributed by atoms with Gasteiger partial charge in [0.05, 0.1) is 16.6 Å². The van der Waals surface area contributed by atoms with E-state index in [1.165, 1.54) is 16.8 Å². The molecule has 0 saturated carbocycles. The zero-order chi connectivity index (χ0) is 18.6. The van der Waals surface area contributed by atoms with Crippen LogP contribution >= 0.6 is 23.9 Å². The van der Waals surface area contributed by atoms with Crippen LogP contribution in [0.4, 0.5) is 10.1 Å². The number of halogens is 2. The van der Waals surface area contributed by atoms with Crippen LogP contribution < -0.4 is 16.1 Å². The molecule has 8 nitrogen and oxygen atoms in total. The highest BCUT2D eigenvalue weighted by molar-refractivity contribution is 7.08. The van der Waals surface area contributed by atoms with Crippen molar-refractivity contribution in [3.8, 4) is 5.13 Å². The zero-order valence-electron chi connectivity index (χ0n) is 14.0. The van der Waals surface area contributed by atoms with Gasteiger partial charge in [-0.05, 0) is 19.1 Å². The van der Waals surface area contributed by atoms with E-state index in [1.54, 1.807) is 11.8 Å². The van der Waals surface area contributed by atoms with Gasteiger partial charge in [0.2, 0.25) is 10.6 Å². The number of aromatic carboxylic acids is 1. The Kier molecular flexibility index (Phi) is 4.89. The van der Waals surface area contributed by atoms with Crippen LogP contribution in [0.1, 0.15) is 16.2 Å². The van der Waals surface area contributed by atoms with E-state index in [1.807, 2.05) is 0 Å². The molecule has 1 aliphatic rings. The number of benzene rings is 1. The van der Waals surface area contributed by atoms with Gasteiger partial charge in [-0.15, -0.1) is 12.4 Å². The number of anilines is 1. The molecule has 0 amide bonds. The van der Waals surface area contributed by atoms with Gasteiger partial charge in [0.15, 0.2) is 0 Å². The van der Waals surface area contributed by atoms with Crippen LogP contribution in [0, 0.1) is 12.7 Å². The molecule has 4 rings (SSSR count). The monoisotopic (exact) mass is 411 g/mol. The van der Waals surface area contributed by atoms with E-state index in [0.717, 1.165) is 17.6 Å². The number of nitrogens with two attached hydrogens (primary N) is 1. The lowest BCUT2D eigenvalue weighted by Crippen LogP contribution is -2.56. The summed E-state index contributed by atoms with van der Waals surface area (Å²) in [6.07, 6.45) is 1.20. The van der Waals surface area contributed by atoms with Gasteiger partial charge < -0.3 is 15.7 Å². The van der Waals surface area contributed by atoms with E-state index in [9.17, 15) is 19.1 Å². The topological polar surface area (TPSA) is 114 Å². The Labute approximate surface area is 162 Å². The second-order valence-electron chi connectivity index (χ2n) is 6.16. The van der Waals surface area contributed by atoms with Crippen LogP contribution in [0.15, 0.2) is 23.1 Å². The second kappa shape index (κ2) is 6.87. The summed E-state index contributed by atoms with van der Waals surface area (Å²) in [5, 5.41) is 9.70. The third-order valence-corrected chi connectivity index (χ3v) is 5.08. The molecule has 3 N–H and O–H groups in total. The van der Waals surface area contributed by atoms with Gasteiger partial charge in [0, 0.05) is 36.9 Å². The molecule has 0 aliphatic carbocycles. The molecule has 1 saturated heterocycles. The number of aromatic nitrogens is 3. The van der Waals surface area contributed by atoms with Gasteiger partial charge in [-0.1, -0.05) is 0 Å². The predicted molar refractivity (Wildman–Crippen MR) is 102 cm³/mol. The number of carboxylic acid groups (broad SMARTS) is 1. The summed E-state index contributed by atoms with van der Waals surface area (Å²) in [7, 11) is 0. The summed E-state index contributed by atoms with van der Waals surface area (Å²) in [6, 6.07) is 2.58. The number of carboxylic acids is 1. The molecule has 1 aromatic carbocycles. The van der Waals surface area contributed by atoms with E-state index in [-0.39, 0.29) is 23.8 Å². The van der Waals surface area contributed by atoms with Gasteiger partial charge in [0.1, 0.15) is 17.2 Å². The minimum absolute atomic E-state index is 0. The van der Waals surface area contributed by atoms with Gasteiger partial charge in [-0.2, -0.15) is 4.37 Å². The van der Waals surface area contributed by atoms with Crippen LogP contribution in [0.2, 0.25) is 0 Å². The van der Waals surface area contributed by atoms with Crippen molar-refractivity contribution in [2.45, 2.75) is 13.0 Å². The van der Waals surface area contributed by atoms with Crippen molar-refractivity contribution in [3.05, 3.63) is 45.8 Å². The van der Waals surface area contributed by atoms with Gasteiger partial charge in [-0.3, -0.25) is 9.36 Å². The highest BCUT2D eigenvalue weighted by atomic mass is 35.5. The Hall–Kier alpha value is -2.56. The molecule has 142 valence electrons. The third-order valence-electron chi connectivity index (χ3n) is 4.28. The molecule has 0 spiro atoms. The van der Waals surface area contributed by atoms with Gasteiger partial charge >= 0.3 is 5.97 Å². The molecule has 3 heterocycles. The summed E-state index contributed by atoms with van der Waals surface area (Å²) in [4.78, 5) is 30.0. The maximum absolute atomic E-state index is 14.6. The first-order valence-electron chi connectivity index (χ1n) is 7.78. The first-order chi connectivity index (χ1) is 12.3.